The largest absolute Gasteiger partial charge is 0.524 e. The van der Waals surface area contributed by atoms with Gasteiger partial charge in [-0.2, -0.15) is 0 Å². The lowest BCUT2D eigenvalue weighted by atomic mass is 10.1. The highest BCUT2D eigenvalue weighted by Gasteiger charge is 2.32. The predicted molar refractivity (Wildman–Crippen MR) is 166 cm³/mol. The Morgan fingerprint density at radius 2 is 1.81 bits per heavy atom. The first-order valence-corrected chi connectivity index (χ1v) is 16.3. The Morgan fingerprint density at radius 1 is 1.06 bits per heavy atom. The van der Waals surface area contributed by atoms with Gasteiger partial charge in [0.25, 0.3) is 11.8 Å². The number of aromatic nitrogens is 3. The second-order valence-corrected chi connectivity index (χ2v) is 12.1. The predicted octanol–water partition coefficient (Wildman–Crippen LogP) is 2.74. The van der Waals surface area contributed by atoms with Gasteiger partial charge in [-0.15, -0.1) is 5.06 Å². The molecule has 0 bridgehead atoms. The van der Waals surface area contributed by atoms with Crippen LogP contribution in [0.3, 0.4) is 0 Å². The molecule has 0 spiro atoms. The van der Waals surface area contributed by atoms with Crippen LogP contribution in [0.4, 0.5) is 5.82 Å². The van der Waals surface area contributed by atoms with Crippen molar-refractivity contribution in [3.63, 3.8) is 0 Å². The number of carbonyl (C=O) groups excluding carboxylic acids is 4. The molecule has 1 aliphatic rings. The molecule has 2 aromatic carbocycles. The molecule has 17 heteroatoms. The summed E-state index contributed by atoms with van der Waals surface area (Å²) >= 11 is 0. The van der Waals surface area contributed by atoms with Gasteiger partial charge in [-0.25, -0.2) is 19.3 Å². The normalized spacial score (nSPS) is 13.5. The van der Waals surface area contributed by atoms with E-state index in [-0.39, 0.29) is 56.1 Å². The first kappa shape index (κ1) is 33.3. The van der Waals surface area contributed by atoms with Gasteiger partial charge in [-0.1, -0.05) is 25.5 Å². The van der Waals surface area contributed by atoms with E-state index >= 15 is 0 Å². The van der Waals surface area contributed by atoms with Gasteiger partial charge in [0.15, 0.2) is 5.82 Å². The van der Waals surface area contributed by atoms with Crippen molar-refractivity contribution in [1.29, 1.82) is 0 Å². The van der Waals surface area contributed by atoms with Crippen LogP contribution in [0, 0.1) is 0 Å². The molecule has 16 nitrogen and oxygen atoms in total. The minimum atomic E-state index is -4.90. The molecule has 1 saturated heterocycles. The third-order valence-corrected chi connectivity index (χ3v) is 7.87. The SMILES string of the molecule is CCCCc1nc2c(N)nc3cc(CNC(=O)CCC(=O)ON4C(=O)CCC4=O)ccc3c2n1Cc1cc(O)ccc1OP(=O)(O)O. The molecule has 0 aliphatic carbocycles. The number of hydrogen-bond acceptors (Lipinski definition) is 11. The highest BCUT2D eigenvalue weighted by Crippen LogP contribution is 2.41. The number of fused-ring (bicyclic) bond motifs is 3. The van der Waals surface area contributed by atoms with E-state index in [1.165, 1.54) is 18.2 Å². The Balaban J connectivity index is 1.38. The molecular weight excluding hydrogens is 635 g/mol. The summed E-state index contributed by atoms with van der Waals surface area (Å²) in [6.45, 7) is 2.17. The van der Waals surface area contributed by atoms with Crippen LogP contribution >= 0.6 is 7.82 Å². The average Bonchev–Trinajstić information content (AvgIpc) is 3.53. The fourth-order valence-corrected chi connectivity index (χ4v) is 5.63. The van der Waals surface area contributed by atoms with Crippen molar-refractivity contribution >= 4 is 59.3 Å². The van der Waals surface area contributed by atoms with Gasteiger partial charge in [0.05, 0.1) is 24.0 Å². The number of carbonyl (C=O) groups is 4. The number of unbranched alkanes of at least 4 members (excludes halogenated alkanes) is 1. The lowest BCUT2D eigenvalue weighted by Gasteiger charge is -2.16. The van der Waals surface area contributed by atoms with Crippen LogP contribution in [0.1, 0.15) is 62.4 Å². The van der Waals surface area contributed by atoms with Gasteiger partial charge in [0.1, 0.15) is 22.8 Å². The molecular formula is C30H33N6O10P. The van der Waals surface area contributed by atoms with Crippen molar-refractivity contribution in [2.45, 2.75) is 65.0 Å². The van der Waals surface area contributed by atoms with Gasteiger partial charge in [0, 0.05) is 43.2 Å². The number of nitrogens with zero attached hydrogens (tertiary/aromatic N) is 4. The van der Waals surface area contributed by atoms with Crippen molar-refractivity contribution in [3.8, 4) is 11.5 Å². The molecule has 3 amide bonds. The lowest BCUT2D eigenvalue weighted by Crippen LogP contribution is -2.32. The van der Waals surface area contributed by atoms with Gasteiger partial charge in [-0.3, -0.25) is 24.2 Å². The van der Waals surface area contributed by atoms with Crippen LogP contribution in [-0.4, -0.2) is 58.2 Å². The van der Waals surface area contributed by atoms with Crippen molar-refractivity contribution in [3.05, 3.63) is 53.3 Å². The van der Waals surface area contributed by atoms with Crippen LogP contribution in [0.5, 0.6) is 11.5 Å². The van der Waals surface area contributed by atoms with Gasteiger partial charge in [-0.05, 0) is 36.2 Å². The fourth-order valence-electron chi connectivity index (χ4n) is 5.20. The number of rotatable bonds is 13. The first-order chi connectivity index (χ1) is 22.3. The zero-order valence-electron chi connectivity index (χ0n) is 25.3. The summed E-state index contributed by atoms with van der Waals surface area (Å²) in [6.07, 6.45) is 1.64. The molecule has 5 rings (SSSR count). The molecule has 47 heavy (non-hydrogen) atoms. The summed E-state index contributed by atoms with van der Waals surface area (Å²) in [7, 11) is -4.90. The average molecular weight is 669 g/mol. The summed E-state index contributed by atoms with van der Waals surface area (Å²) in [5.74, 6) is -1.95. The smallest absolute Gasteiger partial charge is 0.508 e. The van der Waals surface area contributed by atoms with E-state index in [4.69, 9.17) is 20.1 Å². The number of phenolic OH excluding ortho intramolecular Hbond substituents is 1. The van der Waals surface area contributed by atoms with Crippen molar-refractivity contribution in [1.82, 2.24) is 24.9 Å². The number of phosphoric ester groups is 1. The number of benzene rings is 2. The maximum atomic E-state index is 12.4. The Bertz CT molecular complexity index is 1920. The van der Waals surface area contributed by atoms with Crippen molar-refractivity contribution in [2.75, 3.05) is 5.73 Å². The summed E-state index contributed by atoms with van der Waals surface area (Å²) in [5.41, 5.74) is 8.90. The number of nitrogen functional groups attached to an aromatic ring is 1. The summed E-state index contributed by atoms with van der Waals surface area (Å²) in [5, 5.41) is 14.0. The standard InChI is InChI=1S/C30H33N6O10P/c1-2-3-4-23-34-28-29(35(23)16-18-14-19(37)6-8-22(18)46-47(42,43)44)20-7-5-17(13-21(20)33-30(28)31)15-32-24(38)9-12-27(41)45-36-25(39)10-11-26(36)40/h5-8,13-14,37H,2-4,9-12,15-16H2,1H3,(H2,31,33)(H,32,38)(H2,42,43,44). The number of hydroxylamine groups is 2. The Kier molecular flexibility index (Phi) is 9.75. The Labute approximate surface area is 267 Å². The molecule has 3 heterocycles. The highest BCUT2D eigenvalue weighted by atomic mass is 31.2. The van der Waals surface area contributed by atoms with E-state index < -0.39 is 31.5 Å². The summed E-state index contributed by atoms with van der Waals surface area (Å²) in [6, 6.07) is 9.22. The second-order valence-electron chi connectivity index (χ2n) is 11.0. The number of nitrogens with two attached hydrogens (primary N) is 1. The van der Waals surface area contributed by atoms with E-state index in [1.807, 2.05) is 11.5 Å². The number of phenols is 1. The number of amides is 3. The minimum absolute atomic E-state index is 0.0282. The van der Waals surface area contributed by atoms with Crippen molar-refractivity contribution in [2.24, 2.45) is 0 Å². The molecule has 1 fully saturated rings. The number of pyridine rings is 1. The Hall–Kier alpha value is -5.05. The first-order valence-electron chi connectivity index (χ1n) is 14.8. The third kappa shape index (κ3) is 7.85. The molecule has 0 saturated carbocycles. The van der Waals surface area contributed by atoms with Gasteiger partial charge < -0.3 is 30.1 Å². The molecule has 6 N–H and O–H groups in total. The lowest BCUT2D eigenvalue weighted by molar-refractivity contribution is -0.197. The van der Waals surface area contributed by atoms with E-state index in [9.17, 15) is 38.6 Å². The number of aromatic hydroxyl groups is 1. The van der Waals surface area contributed by atoms with E-state index in [1.54, 1.807) is 18.2 Å². The topological polar surface area (TPSA) is 236 Å². The number of hydrogen-bond donors (Lipinski definition) is 5. The van der Waals surface area contributed by atoms with E-state index in [0.29, 0.717) is 50.4 Å². The van der Waals surface area contributed by atoms with Gasteiger partial charge >= 0.3 is 13.8 Å². The van der Waals surface area contributed by atoms with Crippen molar-refractivity contribution < 1.29 is 48.0 Å². The van der Waals surface area contributed by atoms with Crippen LogP contribution in [0.2, 0.25) is 0 Å². The number of aryl methyl sites for hydroxylation is 1. The van der Waals surface area contributed by atoms with Gasteiger partial charge in [0.2, 0.25) is 5.91 Å². The molecule has 0 unspecified atom stereocenters. The fraction of sp³-hybridized carbons (Fsp3) is 0.333. The molecule has 1 aliphatic heterocycles. The van der Waals surface area contributed by atoms with Crippen LogP contribution in [0.15, 0.2) is 36.4 Å². The number of phosphoric acid groups is 1. The van der Waals surface area contributed by atoms with E-state index in [0.717, 1.165) is 12.8 Å². The van der Waals surface area contributed by atoms with Crippen LogP contribution in [0.25, 0.3) is 21.9 Å². The number of imide groups is 1. The quantitative estimate of drug-likeness (QED) is 0.102. The molecule has 0 radical (unpaired) electrons. The summed E-state index contributed by atoms with van der Waals surface area (Å²) in [4.78, 5) is 80.7. The third-order valence-electron chi connectivity index (χ3n) is 7.44. The monoisotopic (exact) mass is 668 g/mol. The number of anilines is 1. The molecule has 2 aromatic heterocycles. The van der Waals surface area contributed by atoms with Crippen LogP contribution in [-0.2, 0) is 48.1 Å². The zero-order valence-corrected chi connectivity index (χ0v) is 26.2. The highest BCUT2D eigenvalue weighted by molar-refractivity contribution is 7.46. The maximum Gasteiger partial charge on any atom is 0.524 e. The van der Waals surface area contributed by atoms with E-state index in [2.05, 4.69) is 10.3 Å². The molecule has 248 valence electrons. The molecule has 0 atom stereocenters. The molecule has 4 aromatic rings. The maximum absolute atomic E-state index is 12.4. The zero-order chi connectivity index (χ0) is 33.9. The summed E-state index contributed by atoms with van der Waals surface area (Å²) < 4.78 is 18.4. The number of imidazole rings is 1. The number of nitrogens with one attached hydrogen (secondary N) is 1. The van der Waals surface area contributed by atoms with Crippen LogP contribution < -0.4 is 15.6 Å². The minimum Gasteiger partial charge on any atom is -0.508 e. The Morgan fingerprint density at radius 3 is 2.51 bits per heavy atom. The second kappa shape index (κ2) is 13.7.